The third-order valence-electron chi connectivity index (χ3n) is 3.77. The van der Waals surface area contributed by atoms with Crippen molar-refractivity contribution in [2.75, 3.05) is 31.8 Å². The van der Waals surface area contributed by atoms with Crippen LogP contribution in [0.5, 0.6) is 0 Å². The van der Waals surface area contributed by atoms with E-state index in [1.165, 1.54) is 12.0 Å². The van der Waals surface area contributed by atoms with Gasteiger partial charge in [-0.25, -0.2) is 9.18 Å². The van der Waals surface area contributed by atoms with Gasteiger partial charge in [-0.05, 0) is 30.8 Å². The van der Waals surface area contributed by atoms with Gasteiger partial charge in [0.2, 0.25) is 0 Å². The summed E-state index contributed by atoms with van der Waals surface area (Å²) in [6, 6.07) is 2.95. The number of non-ortho nitro benzene ring substituents is 1. The van der Waals surface area contributed by atoms with E-state index in [2.05, 4.69) is 10.6 Å². The van der Waals surface area contributed by atoms with Gasteiger partial charge in [-0.15, -0.1) is 11.3 Å². The molecular weight excluding hydrogens is 423 g/mol. The average Bonchev–Trinajstić information content (AvgIpc) is 2.97. The molecule has 12 heteroatoms. The molecule has 0 saturated heterocycles. The number of amides is 1. The number of thiocarbonyl (C=S) groups is 1. The Hall–Kier alpha value is -3.12. The SMILES string of the molecule is COC(=O)c1c(NC(=S)Nc2cc([N+](=O)[O-])ccc2F)sc(C(=O)N(C)C)c1C. The zero-order chi connectivity index (χ0) is 21.9. The summed E-state index contributed by atoms with van der Waals surface area (Å²) in [5, 5.41) is 16.2. The number of esters is 1. The van der Waals surface area contributed by atoms with Crippen molar-refractivity contribution in [3.8, 4) is 0 Å². The van der Waals surface area contributed by atoms with E-state index >= 15 is 0 Å². The number of anilines is 2. The Bertz CT molecular complexity index is 1010. The lowest BCUT2D eigenvalue weighted by atomic mass is 10.1. The van der Waals surface area contributed by atoms with Crippen molar-refractivity contribution in [2.45, 2.75) is 6.92 Å². The fourth-order valence-corrected chi connectivity index (χ4v) is 3.83. The van der Waals surface area contributed by atoms with Gasteiger partial charge >= 0.3 is 5.97 Å². The first-order valence-corrected chi connectivity index (χ1v) is 9.24. The molecule has 2 aromatic rings. The fourth-order valence-electron chi connectivity index (χ4n) is 2.34. The van der Waals surface area contributed by atoms with Crippen molar-refractivity contribution in [2.24, 2.45) is 0 Å². The number of hydrogen-bond acceptors (Lipinski definition) is 7. The summed E-state index contributed by atoms with van der Waals surface area (Å²) in [4.78, 5) is 36.4. The second-order valence-electron chi connectivity index (χ2n) is 5.95. The predicted molar refractivity (Wildman–Crippen MR) is 111 cm³/mol. The second-order valence-corrected chi connectivity index (χ2v) is 7.38. The number of nitrogens with one attached hydrogen (secondary N) is 2. The van der Waals surface area contributed by atoms with Gasteiger partial charge in [0.05, 0.1) is 28.2 Å². The number of nitrogens with zero attached hydrogens (tertiary/aromatic N) is 2. The smallest absolute Gasteiger partial charge is 0.341 e. The van der Waals surface area contributed by atoms with E-state index in [4.69, 9.17) is 17.0 Å². The van der Waals surface area contributed by atoms with Crippen LogP contribution in [0.4, 0.5) is 20.8 Å². The number of nitro benzene ring substituents is 1. The van der Waals surface area contributed by atoms with Crippen LogP contribution in [0.1, 0.15) is 25.6 Å². The number of benzene rings is 1. The molecule has 0 unspecified atom stereocenters. The molecule has 9 nitrogen and oxygen atoms in total. The molecule has 2 rings (SSSR count). The molecule has 0 saturated carbocycles. The summed E-state index contributed by atoms with van der Waals surface area (Å²) in [6.45, 7) is 1.60. The summed E-state index contributed by atoms with van der Waals surface area (Å²) in [5.74, 6) is -1.74. The van der Waals surface area contributed by atoms with Crippen molar-refractivity contribution in [3.05, 3.63) is 50.1 Å². The molecule has 0 spiro atoms. The van der Waals surface area contributed by atoms with Crippen molar-refractivity contribution in [3.63, 3.8) is 0 Å². The lowest BCUT2D eigenvalue weighted by molar-refractivity contribution is -0.384. The highest BCUT2D eigenvalue weighted by Gasteiger charge is 2.26. The Kier molecular flexibility index (Phi) is 6.82. The van der Waals surface area contributed by atoms with E-state index in [9.17, 15) is 24.1 Å². The van der Waals surface area contributed by atoms with Crippen LogP contribution >= 0.6 is 23.6 Å². The fraction of sp³-hybridized carbons (Fsp3) is 0.235. The Morgan fingerprint density at radius 1 is 1.31 bits per heavy atom. The van der Waals surface area contributed by atoms with Crippen molar-refractivity contribution in [1.29, 1.82) is 0 Å². The lowest BCUT2D eigenvalue weighted by Gasteiger charge is -2.11. The van der Waals surface area contributed by atoms with E-state index in [1.807, 2.05) is 0 Å². The molecule has 0 aliphatic carbocycles. The summed E-state index contributed by atoms with van der Waals surface area (Å²) < 4.78 is 18.7. The standard InChI is InChI=1S/C17H17FN4O5S2/c1-8-12(16(24)27-4)14(29-13(8)15(23)21(2)3)20-17(28)19-11-7-9(22(25)26)5-6-10(11)18/h5-7H,1-4H3,(H2,19,20,28). The van der Waals surface area contributed by atoms with Gasteiger partial charge in [-0.3, -0.25) is 14.9 Å². The lowest BCUT2D eigenvalue weighted by Crippen LogP contribution is -2.21. The van der Waals surface area contributed by atoms with Crippen molar-refractivity contribution < 1.29 is 23.6 Å². The van der Waals surface area contributed by atoms with Gasteiger partial charge in [0.15, 0.2) is 5.11 Å². The van der Waals surface area contributed by atoms with Crippen LogP contribution in [0, 0.1) is 22.9 Å². The summed E-state index contributed by atoms with van der Waals surface area (Å²) in [5.41, 5.74) is -0.00860. The summed E-state index contributed by atoms with van der Waals surface area (Å²) >= 11 is 6.12. The number of halogens is 1. The van der Waals surface area contributed by atoms with Gasteiger partial charge in [-0.2, -0.15) is 0 Å². The van der Waals surface area contributed by atoms with Gasteiger partial charge in [0, 0.05) is 26.2 Å². The van der Waals surface area contributed by atoms with Crippen LogP contribution in [0.3, 0.4) is 0 Å². The molecule has 0 aliphatic heterocycles. The molecule has 1 aromatic heterocycles. The predicted octanol–water partition coefficient (Wildman–Crippen LogP) is 3.40. The molecule has 1 aromatic carbocycles. The number of rotatable bonds is 5. The second kappa shape index (κ2) is 8.92. The number of thiophene rings is 1. The van der Waals surface area contributed by atoms with Gasteiger partial charge in [0.1, 0.15) is 10.8 Å². The number of carbonyl (C=O) groups excluding carboxylic acids is 2. The quantitative estimate of drug-likeness (QED) is 0.315. The summed E-state index contributed by atoms with van der Waals surface area (Å²) in [7, 11) is 4.35. The normalized spacial score (nSPS) is 10.2. The number of carbonyl (C=O) groups is 2. The molecule has 0 bridgehead atoms. The van der Waals surface area contributed by atoms with Crippen LogP contribution in [0.15, 0.2) is 18.2 Å². The zero-order valence-electron chi connectivity index (χ0n) is 15.9. The molecule has 1 heterocycles. The number of hydrogen-bond donors (Lipinski definition) is 2. The van der Waals surface area contributed by atoms with Gasteiger partial charge in [0.25, 0.3) is 11.6 Å². The number of ether oxygens (including phenoxy) is 1. The Balaban J connectivity index is 2.36. The Morgan fingerprint density at radius 3 is 2.52 bits per heavy atom. The maximum absolute atomic E-state index is 14.0. The third kappa shape index (κ3) is 4.84. The molecule has 2 N–H and O–H groups in total. The molecule has 1 amide bonds. The zero-order valence-corrected chi connectivity index (χ0v) is 17.5. The highest BCUT2D eigenvalue weighted by Crippen LogP contribution is 2.34. The first-order chi connectivity index (χ1) is 13.6. The first-order valence-electron chi connectivity index (χ1n) is 8.02. The highest BCUT2D eigenvalue weighted by molar-refractivity contribution is 7.80. The van der Waals surface area contributed by atoms with E-state index in [0.29, 0.717) is 10.4 Å². The van der Waals surface area contributed by atoms with E-state index in [1.54, 1.807) is 21.0 Å². The first kappa shape index (κ1) is 22.2. The Morgan fingerprint density at radius 2 is 1.97 bits per heavy atom. The largest absolute Gasteiger partial charge is 0.465 e. The minimum Gasteiger partial charge on any atom is -0.465 e. The number of methoxy groups -OCH3 is 1. The van der Waals surface area contributed by atoms with Gasteiger partial charge < -0.3 is 20.3 Å². The molecule has 154 valence electrons. The monoisotopic (exact) mass is 440 g/mol. The highest BCUT2D eigenvalue weighted by atomic mass is 32.1. The topological polar surface area (TPSA) is 114 Å². The van der Waals surface area contributed by atoms with Crippen molar-refractivity contribution in [1.82, 2.24) is 4.90 Å². The molecule has 0 fully saturated rings. The van der Waals surface area contributed by atoms with Gasteiger partial charge in [-0.1, -0.05) is 0 Å². The Labute approximate surface area is 174 Å². The van der Waals surface area contributed by atoms with E-state index in [0.717, 1.165) is 29.5 Å². The van der Waals surface area contributed by atoms with Crippen LogP contribution in [0.25, 0.3) is 0 Å². The van der Waals surface area contributed by atoms with Crippen LogP contribution in [-0.2, 0) is 4.74 Å². The van der Waals surface area contributed by atoms with Crippen molar-refractivity contribution >= 4 is 56.9 Å². The summed E-state index contributed by atoms with van der Waals surface area (Å²) in [6.07, 6.45) is 0. The van der Waals surface area contributed by atoms with E-state index in [-0.39, 0.29) is 33.0 Å². The van der Waals surface area contributed by atoms with Crippen LogP contribution in [-0.4, -0.2) is 48.0 Å². The molecule has 0 atom stereocenters. The molecule has 29 heavy (non-hydrogen) atoms. The van der Waals surface area contributed by atoms with E-state index < -0.39 is 16.7 Å². The third-order valence-corrected chi connectivity index (χ3v) is 5.17. The minimum atomic E-state index is -0.751. The molecule has 0 aliphatic rings. The molecule has 0 radical (unpaired) electrons. The number of nitro groups is 1. The van der Waals surface area contributed by atoms with Crippen LogP contribution in [0.2, 0.25) is 0 Å². The average molecular weight is 440 g/mol. The van der Waals surface area contributed by atoms with Crippen LogP contribution < -0.4 is 10.6 Å². The maximum Gasteiger partial charge on any atom is 0.341 e. The maximum atomic E-state index is 14.0. The minimum absolute atomic E-state index is 0.117. The molecular formula is C17H17FN4O5S2.